The summed E-state index contributed by atoms with van der Waals surface area (Å²) in [5.74, 6) is 1.89. The average Bonchev–Trinajstić information content (AvgIpc) is 2.27. The molecule has 1 aromatic rings. The number of hydrogen-bond donors (Lipinski definition) is 0. The first-order valence-corrected chi connectivity index (χ1v) is 5.17. The first kappa shape index (κ1) is 10.3. The fourth-order valence-electron chi connectivity index (χ4n) is 1.89. The van der Waals surface area contributed by atoms with Gasteiger partial charge in [-0.05, 0) is 32.6 Å². The Balaban J connectivity index is 2.30. The molecule has 2 rings (SSSR count). The molecule has 15 heavy (non-hydrogen) atoms. The molecule has 0 saturated carbocycles. The second-order valence-corrected chi connectivity index (χ2v) is 4.07. The third kappa shape index (κ3) is 1.92. The summed E-state index contributed by atoms with van der Waals surface area (Å²) in [4.78, 5) is 2.19. The van der Waals surface area contributed by atoms with Crippen molar-refractivity contribution in [2.24, 2.45) is 0 Å². The molecule has 0 N–H and O–H groups in total. The van der Waals surface area contributed by atoms with E-state index in [1.807, 2.05) is 18.2 Å². The van der Waals surface area contributed by atoms with Crippen LogP contribution in [0.5, 0.6) is 11.5 Å². The highest BCUT2D eigenvalue weighted by Gasteiger charge is 2.23. The van der Waals surface area contributed by atoms with Gasteiger partial charge in [0.25, 0.3) is 0 Å². The van der Waals surface area contributed by atoms with Crippen molar-refractivity contribution in [3.8, 4) is 11.5 Å². The zero-order chi connectivity index (χ0) is 10.8. The molecule has 82 valence electrons. The van der Waals surface area contributed by atoms with Crippen LogP contribution in [0.4, 0.5) is 0 Å². The molecule has 0 aromatic heterocycles. The van der Waals surface area contributed by atoms with Crippen molar-refractivity contribution in [1.29, 1.82) is 0 Å². The van der Waals surface area contributed by atoms with E-state index < -0.39 is 0 Å². The fraction of sp³-hybridized carbons (Fsp3) is 0.500. The number of benzene rings is 1. The second-order valence-electron chi connectivity index (χ2n) is 4.07. The lowest BCUT2D eigenvalue weighted by Crippen LogP contribution is -2.38. The Bertz CT molecular complexity index is 335. The predicted molar refractivity (Wildman–Crippen MR) is 59.7 cm³/mol. The minimum Gasteiger partial charge on any atom is -0.496 e. The highest BCUT2D eigenvalue weighted by atomic mass is 16.5. The predicted octanol–water partition coefficient (Wildman–Crippen LogP) is 1.56. The maximum Gasteiger partial charge on any atom is 0.126 e. The lowest BCUT2D eigenvalue weighted by atomic mass is 10.0. The van der Waals surface area contributed by atoms with Crippen molar-refractivity contribution < 1.29 is 9.47 Å². The molecule has 1 unspecified atom stereocenters. The van der Waals surface area contributed by atoms with Gasteiger partial charge in [0.05, 0.1) is 7.11 Å². The number of nitrogens with zero attached hydrogens (tertiary/aromatic N) is 1. The molecule has 1 aliphatic heterocycles. The van der Waals surface area contributed by atoms with Gasteiger partial charge in [0.2, 0.25) is 0 Å². The molecule has 0 radical (unpaired) electrons. The zero-order valence-electron chi connectivity index (χ0n) is 9.49. The zero-order valence-corrected chi connectivity index (χ0v) is 9.49. The molecule has 3 heteroatoms. The van der Waals surface area contributed by atoms with Gasteiger partial charge in [-0.1, -0.05) is 6.07 Å². The fourth-order valence-corrected chi connectivity index (χ4v) is 1.89. The van der Waals surface area contributed by atoms with Gasteiger partial charge in [-0.3, -0.25) is 0 Å². The molecule has 1 aromatic carbocycles. The van der Waals surface area contributed by atoms with Crippen LogP contribution in [0.1, 0.15) is 5.56 Å². The summed E-state index contributed by atoms with van der Waals surface area (Å²) in [7, 11) is 5.86. The van der Waals surface area contributed by atoms with E-state index in [0.29, 0.717) is 6.04 Å². The molecule has 0 fully saturated rings. The quantitative estimate of drug-likeness (QED) is 0.734. The van der Waals surface area contributed by atoms with Crippen LogP contribution in [0, 0.1) is 0 Å². The first-order chi connectivity index (χ1) is 7.22. The van der Waals surface area contributed by atoms with Crippen LogP contribution in [-0.2, 0) is 6.42 Å². The van der Waals surface area contributed by atoms with E-state index in [-0.39, 0.29) is 0 Å². The Labute approximate surface area is 90.6 Å². The van der Waals surface area contributed by atoms with Crippen molar-refractivity contribution in [1.82, 2.24) is 4.90 Å². The summed E-state index contributed by atoms with van der Waals surface area (Å²) in [6.45, 7) is 0.757. The lowest BCUT2D eigenvalue weighted by molar-refractivity contribution is 0.163. The molecule has 0 amide bonds. The second kappa shape index (κ2) is 4.11. The minimum atomic E-state index is 0.439. The van der Waals surface area contributed by atoms with E-state index in [4.69, 9.17) is 9.47 Å². The topological polar surface area (TPSA) is 21.7 Å². The average molecular weight is 207 g/mol. The standard InChI is InChI=1S/C12H17NO2/c1-13(2)9-7-10-11(14-3)5-4-6-12(10)15-8-9/h4-6,9H,7-8H2,1-3H3. The third-order valence-electron chi connectivity index (χ3n) is 2.91. The smallest absolute Gasteiger partial charge is 0.126 e. The summed E-state index contributed by atoms with van der Waals surface area (Å²) >= 11 is 0. The van der Waals surface area contributed by atoms with Crippen LogP contribution < -0.4 is 9.47 Å². The first-order valence-electron chi connectivity index (χ1n) is 5.17. The monoisotopic (exact) mass is 207 g/mol. The van der Waals surface area contributed by atoms with E-state index in [2.05, 4.69) is 19.0 Å². The number of rotatable bonds is 2. The molecule has 1 aliphatic rings. The number of likely N-dealkylation sites (N-methyl/N-ethyl adjacent to an activating group) is 1. The number of hydrogen-bond acceptors (Lipinski definition) is 3. The van der Waals surface area contributed by atoms with Crippen molar-refractivity contribution in [2.45, 2.75) is 12.5 Å². The summed E-state index contributed by atoms with van der Waals surface area (Å²) in [6.07, 6.45) is 0.992. The van der Waals surface area contributed by atoms with Crippen molar-refractivity contribution >= 4 is 0 Å². The van der Waals surface area contributed by atoms with E-state index >= 15 is 0 Å². The van der Waals surface area contributed by atoms with Gasteiger partial charge < -0.3 is 14.4 Å². The molecular weight excluding hydrogens is 190 g/mol. The van der Waals surface area contributed by atoms with Crippen LogP contribution in [0.25, 0.3) is 0 Å². The molecular formula is C12H17NO2. The van der Waals surface area contributed by atoms with Crippen LogP contribution in [0.3, 0.4) is 0 Å². The van der Waals surface area contributed by atoms with E-state index in [0.717, 1.165) is 24.5 Å². The van der Waals surface area contributed by atoms with E-state index in [1.165, 1.54) is 5.56 Å². The van der Waals surface area contributed by atoms with Crippen LogP contribution in [0.2, 0.25) is 0 Å². The molecule has 3 nitrogen and oxygen atoms in total. The normalized spacial score (nSPS) is 19.6. The van der Waals surface area contributed by atoms with Gasteiger partial charge in [-0.25, -0.2) is 0 Å². The Kier molecular flexibility index (Phi) is 2.82. The molecule has 0 bridgehead atoms. The van der Waals surface area contributed by atoms with Gasteiger partial charge in [0, 0.05) is 11.6 Å². The van der Waals surface area contributed by atoms with Gasteiger partial charge >= 0.3 is 0 Å². The van der Waals surface area contributed by atoms with Gasteiger partial charge in [0.15, 0.2) is 0 Å². The Morgan fingerprint density at radius 1 is 1.40 bits per heavy atom. The Hall–Kier alpha value is -1.22. The Morgan fingerprint density at radius 2 is 2.20 bits per heavy atom. The van der Waals surface area contributed by atoms with Gasteiger partial charge in [-0.2, -0.15) is 0 Å². The molecule has 1 atom stereocenters. The van der Waals surface area contributed by atoms with Gasteiger partial charge in [0.1, 0.15) is 18.1 Å². The summed E-state index contributed by atoms with van der Waals surface area (Å²) in [6, 6.07) is 6.39. The molecule has 0 spiro atoms. The third-order valence-corrected chi connectivity index (χ3v) is 2.91. The Morgan fingerprint density at radius 3 is 2.87 bits per heavy atom. The van der Waals surface area contributed by atoms with Crippen molar-refractivity contribution in [2.75, 3.05) is 27.8 Å². The minimum absolute atomic E-state index is 0.439. The molecule has 0 aliphatic carbocycles. The maximum atomic E-state index is 5.72. The SMILES string of the molecule is COc1cccc2c1CC(N(C)C)CO2. The van der Waals surface area contributed by atoms with Crippen molar-refractivity contribution in [3.63, 3.8) is 0 Å². The maximum absolute atomic E-state index is 5.72. The molecule has 0 saturated heterocycles. The van der Waals surface area contributed by atoms with Crippen molar-refractivity contribution in [3.05, 3.63) is 23.8 Å². The summed E-state index contributed by atoms with van der Waals surface area (Å²) in [5.41, 5.74) is 1.19. The summed E-state index contributed by atoms with van der Waals surface area (Å²) in [5, 5.41) is 0. The van der Waals surface area contributed by atoms with Gasteiger partial charge in [-0.15, -0.1) is 0 Å². The highest BCUT2D eigenvalue weighted by molar-refractivity contribution is 5.46. The largest absolute Gasteiger partial charge is 0.496 e. The lowest BCUT2D eigenvalue weighted by Gasteiger charge is -2.30. The highest BCUT2D eigenvalue weighted by Crippen LogP contribution is 2.33. The molecule has 1 heterocycles. The van der Waals surface area contributed by atoms with Crippen LogP contribution >= 0.6 is 0 Å². The van der Waals surface area contributed by atoms with E-state index in [1.54, 1.807) is 7.11 Å². The number of methoxy groups -OCH3 is 1. The number of ether oxygens (including phenoxy) is 2. The van der Waals surface area contributed by atoms with Crippen LogP contribution in [-0.4, -0.2) is 38.8 Å². The van der Waals surface area contributed by atoms with E-state index in [9.17, 15) is 0 Å². The number of fused-ring (bicyclic) bond motifs is 1. The van der Waals surface area contributed by atoms with Crippen LogP contribution in [0.15, 0.2) is 18.2 Å². The summed E-state index contributed by atoms with van der Waals surface area (Å²) < 4.78 is 11.1.